The van der Waals surface area contributed by atoms with Gasteiger partial charge in [-0.25, -0.2) is 0 Å². The fraction of sp³-hybridized carbons (Fsp3) is 0.333. The third-order valence-electron chi connectivity index (χ3n) is 4.55. The Bertz CT molecular complexity index is 807. The number of aryl methyl sites for hydroxylation is 1. The zero-order valence-electron chi connectivity index (χ0n) is 15.4. The van der Waals surface area contributed by atoms with Gasteiger partial charge in [0.25, 0.3) is 5.91 Å². The van der Waals surface area contributed by atoms with Crippen molar-refractivity contribution in [1.82, 2.24) is 4.90 Å². The Hall–Kier alpha value is -2.86. The van der Waals surface area contributed by atoms with Crippen LogP contribution in [0.25, 0.3) is 0 Å². The van der Waals surface area contributed by atoms with E-state index in [1.165, 1.54) is 0 Å². The van der Waals surface area contributed by atoms with E-state index in [0.29, 0.717) is 18.0 Å². The predicted molar refractivity (Wildman–Crippen MR) is 103 cm³/mol. The lowest BCUT2D eigenvalue weighted by molar-refractivity contribution is -0.132. The highest BCUT2D eigenvalue weighted by Gasteiger charge is 2.26. The number of rotatable bonds is 7. The third kappa shape index (κ3) is 4.65. The molecule has 0 atom stereocenters. The first-order chi connectivity index (χ1) is 13.1. The second-order valence-electron chi connectivity index (χ2n) is 6.58. The quantitative estimate of drug-likeness (QED) is 0.813. The van der Waals surface area contributed by atoms with Gasteiger partial charge in [-0.2, -0.15) is 0 Å². The number of aliphatic hydroxyl groups excluding tert-OH is 1. The summed E-state index contributed by atoms with van der Waals surface area (Å²) in [7, 11) is 0. The average Bonchev–Trinajstić information content (AvgIpc) is 2.67. The van der Waals surface area contributed by atoms with Crippen LogP contribution >= 0.6 is 0 Å². The zero-order chi connectivity index (χ0) is 19.2. The minimum Gasteiger partial charge on any atom is -0.482 e. The summed E-state index contributed by atoms with van der Waals surface area (Å²) in [4.78, 5) is 28.3. The number of carbonyl (C=O) groups excluding carboxylic acids is 2. The molecular weight excluding hydrogens is 344 g/mol. The summed E-state index contributed by atoms with van der Waals surface area (Å²) in [5, 5.41) is 9.31. The molecule has 3 rings (SSSR count). The number of carbonyl (C=O) groups is 2. The molecule has 142 valence electrons. The van der Waals surface area contributed by atoms with Crippen LogP contribution in [0.2, 0.25) is 0 Å². The number of benzene rings is 2. The molecular formula is C21H24N2O4. The fourth-order valence-corrected chi connectivity index (χ4v) is 3.14. The monoisotopic (exact) mass is 368 g/mol. The molecule has 1 heterocycles. The highest BCUT2D eigenvalue weighted by molar-refractivity contribution is 5.98. The lowest BCUT2D eigenvalue weighted by Gasteiger charge is -2.30. The van der Waals surface area contributed by atoms with Crippen molar-refractivity contribution in [2.45, 2.75) is 19.9 Å². The van der Waals surface area contributed by atoms with E-state index in [1.54, 1.807) is 9.80 Å². The highest BCUT2D eigenvalue weighted by atomic mass is 16.5. The van der Waals surface area contributed by atoms with Gasteiger partial charge in [0.15, 0.2) is 6.61 Å². The number of hydrogen-bond acceptors (Lipinski definition) is 4. The van der Waals surface area contributed by atoms with Gasteiger partial charge < -0.3 is 19.6 Å². The second kappa shape index (κ2) is 8.68. The van der Waals surface area contributed by atoms with Crippen LogP contribution in [-0.2, 0) is 16.1 Å². The van der Waals surface area contributed by atoms with E-state index in [9.17, 15) is 14.7 Å². The molecule has 1 aliphatic heterocycles. The molecule has 0 radical (unpaired) electrons. The van der Waals surface area contributed by atoms with E-state index in [4.69, 9.17) is 4.74 Å². The smallest absolute Gasteiger partial charge is 0.265 e. The average molecular weight is 368 g/mol. The molecule has 0 aliphatic carbocycles. The van der Waals surface area contributed by atoms with Gasteiger partial charge in [-0.05, 0) is 30.2 Å². The summed E-state index contributed by atoms with van der Waals surface area (Å²) in [6.07, 6.45) is 0.186. The van der Waals surface area contributed by atoms with Crippen LogP contribution in [0.3, 0.4) is 0 Å². The van der Waals surface area contributed by atoms with E-state index in [0.717, 1.165) is 11.1 Å². The molecule has 0 fully saturated rings. The lowest BCUT2D eigenvalue weighted by Crippen LogP contribution is -2.42. The molecule has 2 aromatic carbocycles. The van der Waals surface area contributed by atoms with Crippen molar-refractivity contribution >= 4 is 17.5 Å². The first kappa shape index (κ1) is 18.9. The molecule has 6 heteroatoms. The van der Waals surface area contributed by atoms with Crippen LogP contribution in [-0.4, -0.2) is 48.1 Å². The first-order valence-electron chi connectivity index (χ1n) is 9.05. The van der Waals surface area contributed by atoms with E-state index in [-0.39, 0.29) is 44.5 Å². The maximum atomic E-state index is 12.7. The molecule has 0 aromatic heterocycles. The minimum absolute atomic E-state index is 0.0192. The van der Waals surface area contributed by atoms with E-state index < -0.39 is 0 Å². The van der Waals surface area contributed by atoms with Crippen LogP contribution in [0.15, 0.2) is 48.5 Å². The van der Waals surface area contributed by atoms with Crippen molar-refractivity contribution in [2.75, 3.05) is 31.2 Å². The number of anilines is 1. The van der Waals surface area contributed by atoms with Crippen molar-refractivity contribution in [2.24, 2.45) is 0 Å². The molecule has 0 unspecified atom stereocenters. The Kier molecular flexibility index (Phi) is 6.08. The Morgan fingerprint density at radius 1 is 1.22 bits per heavy atom. The van der Waals surface area contributed by atoms with Crippen molar-refractivity contribution in [3.8, 4) is 5.75 Å². The SMILES string of the molecule is Cc1ccc2c(c1)N(CCC(=O)N(CCO)Cc1ccccc1)C(=O)CO2. The Balaban J connectivity index is 1.68. The summed E-state index contributed by atoms with van der Waals surface area (Å²) in [6.45, 7) is 2.82. The van der Waals surface area contributed by atoms with Crippen LogP contribution < -0.4 is 9.64 Å². The minimum atomic E-state index is -0.155. The number of nitrogens with zero attached hydrogens (tertiary/aromatic N) is 2. The van der Waals surface area contributed by atoms with Gasteiger partial charge in [-0.3, -0.25) is 9.59 Å². The molecule has 2 amide bonds. The summed E-state index contributed by atoms with van der Waals surface area (Å²) >= 11 is 0. The fourth-order valence-electron chi connectivity index (χ4n) is 3.14. The van der Waals surface area contributed by atoms with Crippen LogP contribution in [0.5, 0.6) is 5.75 Å². The lowest BCUT2D eigenvalue weighted by atomic mass is 10.1. The molecule has 1 N–H and O–H groups in total. The molecule has 0 spiro atoms. The molecule has 27 heavy (non-hydrogen) atoms. The van der Waals surface area contributed by atoms with Gasteiger partial charge in [0.1, 0.15) is 5.75 Å². The molecule has 0 saturated heterocycles. The van der Waals surface area contributed by atoms with Crippen molar-refractivity contribution in [3.63, 3.8) is 0 Å². The van der Waals surface area contributed by atoms with Gasteiger partial charge in [-0.15, -0.1) is 0 Å². The Labute approximate surface area is 159 Å². The van der Waals surface area contributed by atoms with Crippen LogP contribution in [0, 0.1) is 6.92 Å². The number of aliphatic hydroxyl groups is 1. The molecule has 0 bridgehead atoms. The van der Waals surface area contributed by atoms with E-state index in [1.807, 2.05) is 55.5 Å². The summed E-state index contributed by atoms with van der Waals surface area (Å²) in [6, 6.07) is 15.3. The van der Waals surface area contributed by atoms with Crippen molar-refractivity contribution < 1.29 is 19.4 Å². The Morgan fingerprint density at radius 2 is 2.00 bits per heavy atom. The van der Waals surface area contributed by atoms with E-state index in [2.05, 4.69) is 0 Å². The van der Waals surface area contributed by atoms with Gasteiger partial charge in [0.05, 0.1) is 12.3 Å². The maximum absolute atomic E-state index is 12.7. The molecule has 0 saturated carbocycles. The van der Waals surface area contributed by atoms with Gasteiger partial charge in [0, 0.05) is 26.1 Å². The van der Waals surface area contributed by atoms with Gasteiger partial charge >= 0.3 is 0 Å². The maximum Gasteiger partial charge on any atom is 0.265 e. The predicted octanol–water partition coefficient (Wildman–Crippen LogP) is 2.13. The highest BCUT2D eigenvalue weighted by Crippen LogP contribution is 2.32. The normalized spacial score (nSPS) is 13.1. The van der Waals surface area contributed by atoms with Crippen LogP contribution in [0.1, 0.15) is 17.5 Å². The number of amides is 2. The summed E-state index contributed by atoms with van der Waals surface area (Å²) < 4.78 is 5.47. The first-order valence-corrected chi connectivity index (χ1v) is 9.05. The summed E-state index contributed by atoms with van der Waals surface area (Å²) in [5.41, 5.74) is 2.73. The third-order valence-corrected chi connectivity index (χ3v) is 4.55. The molecule has 1 aliphatic rings. The van der Waals surface area contributed by atoms with Crippen LogP contribution in [0.4, 0.5) is 5.69 Å². The number of fused-ring (bicyclic) bond motifs is 1. The van der Waals surface area contributed by atoms with Gasteiger partial charge in [0.2, 0.25) is 5.91 Å². The topological polar surface area (TPSA) is 70.1 Å². The van der Waals surface area contributed by atoms with Gasteiger partial charge in [-0.1, -0.05) is 36.4 Å². The van der Waals surface area contributed by atoms with E-state index >= 15 is 0 Å². The molecule has 6 nitrogen and oxygen atoms in total. The zero-order valence-corrected chi connectivity index (χ0v) is 15.4. The largest absolute Gasteiger partial charge is 0.482 e. The van der Waals surface area contributed by atoms with Crippen molar-refractivity contribution in [3.05, 3.63) is 59.7 Å². The Morgan fingerprint density at radius 3 is 2.74 bits per heavy atom. The van der Waals surface area contributed by atoms with Crippen molar-refractivity contribution in [1.29, 1.82) is 0 Å². The second-order valence-corrected chi connectivity index (χ2v) is 6.58. The number of ether oxygens (including phenoxy) is 1. The standard InChI is InChI=1S/C21H24N2O4/c1-16-7-8-19-18(13-16)23(21(26)15-27-19)10-9-20(25)22(11-12-24)14-17-5-3-2-4-6-17/h2-8,13,24H,9-12,14-15H2,1H3. The summed E-state index contributed by atoms with van der Waals surface area (Å²) in [5.74, 6) is 0.406. The number of hydrogen-bond donors (Lipinski definition) is 1. The molecule has 2 aromatic rings.